The first-order valence-corrected chi connectivity index (χ1v) is 10.6. The molecule has 152 valence electrons. The summed E-state index contributed by atoms with van der Waals surface area (Å²) < 4.78 is 1.77. The zero-order valence-electron chi connectivity index (χ0n) is 17.2. The van der Waals surface area contributed by atoms with E-state index in [0.717, 1.165) is 33.0 Å². The molecule has 0 radical (unpaired) electrons. The fraction of sp³-hybridized carbons (Fsp3) is 0.217. The largest absolute Gasteiger partial charge is 0.347 e. The van der Waals surface area contributed by atoms with Crippen molar-refractivity contribution in [2.45, 2.75) is 33.9 Å². The Kier molecular flexibility index (Phi) is 5.72. The predicted octanol–water partition coefficient (Wildman–Crippen LogP) is 4.31. The highest BCUT2D eigenvalue weighted by Crippen LogP contribution is 2.30. The van der Waals surface area contributed by atoms with E-state index in [1.807, 2.05) is 31.2 Å². The molecule has 0 saturated carbocycles. The van der Waals surface area contributed by atoms with E-state index in [-0.39, 0.29) is 5.91 Å². The standard InChI is InChI=1S/C23H23N5OS/c1-15-8-9-20(16(2)10-15)23-27-17(3)21(30-23)22(29)25-11-18-6-4-5-7-19(18)12-28-14-24-13-26-28/h4-10,13-14H,11-12H2,1-3H3,(H,25,29). The van der Waals surface area contributed by atoms with Gasteiger partial charge in [0.15, 0.2) is 0 Å². The minimum absolute atomic E-state index is 0.100. The molecule has 6 nitrogen and oxygen atoms in total. The lowest BCUT2D eigenvalue weighted by Crippen LogP contribution is -2.23. The molecule has 0 bridgehead atoms. The summed E-state index contributed by atoms with van der Waals surface area (Å²) in [5, 5.41) is 8.09. The lowest BCUT2D eigenvalue weighted by atomic mass is 10.1. The molecule has 0 spiro atoms. The molecule has 0 fully saturated rings. The summed E-state index contributed by atoms with van der Waals surface area (Å²) in [6.45, 7) is 7.09. The van der Waals surface area contributed by atoms with Crippen LogP contribution < -0.4 is 5.32 Å². The fourth-order valence-corrected chi connectivity index (χ4v) is 4.48. The third kappa shape index (κ3) is 4.31. The van der Waals surface area contributed by atoms with Crippen LogP contribution in [-0.2, 0) is 13.1 Å². The maximum absolute atomic E-state index is 12.9. The maximum Gasteiger partial charge on any atom is 0.263 e. The van der Waals surface area contributed by atoms with E-state index in [1.165, 1.54) is 23.2 Å². The quantitative estimate of drug-likeness (QED) is 0.508. The predicted molar refractivity (Wildman–Crippen MR) is 118 cm³/mol. The Bertz CT molecular complexity index is 1180. The highest BCUT2D eigenvalue weighted by molar-refractivity contribution is 7.17. The Morgan fingerprint density at radius 3 is 2.63 bits per heavy atom. The first kappa shape index (κ1) is 20.0. The Labute approximate surface area is 179 Å². The number of carbonyl (C=O) groups is 1. The van der Waals surface area contributed by atoms with Gasteiger partial charge in [0.2, 0.25) is 0 Å². The van der Waals surface area contributed by atoms with Gasteiger partial charge in [0.25, 0.3) is 5.91 Å². The number of hydrogen-bond acceptors (Lipinski definition) is 5. The van der Waals surface area contributed by atoms with E-state index in [0.29, 0.717) is 18.0 Å². The van der Waals surface area contributed by atoms with Gasteiger partial charge >= 0.3 is 0 Å². The van der Waals surface area contributed by atoms with Gasteiger partial charge in [-0.1, -0.05) is 48.0 Å². The second-order valence-corrected chi connectivity index (χ2v) is 8.30. The van der Waals surface area contributed by atoms with Crippen molar-refractivity contribution in [2.75, 3.05) is 0 Å². The molecule has 30 heavy (non-hydrogen) atoms. The average Bonchev–Trinajstić information content (AvgIpc) is 3.37. The summed E-state index contributed by atoms with van der Waals surface area (Å²) in [7, 11) is 0. The van der Waals surface area contributed by atoms with E-state index >= 15 is 0 Å². The molecule has 4 aromatic rings. The minimum atomic E-state index is -0.100. The molecule has 1 N–H and O–H groups in total. The van der Waals surface area contributed by atoms with E-state index in [4.69, 9.17) is 0 Å². The van der Waals surface area contributed by atoms with Crippen LogP contribution in [0, 0.1) is 20.8 Å². The molecule has 2 heterocycles. The summed E-state index contributed by atoms with van der Waals surface area (Å²) >= 11 is 1.44. The molecule has 0 aliphatic carbocycles. The van der Waals surface area contributed by atoms with E-state index < -0.39 is 0 Å². The van der Waals surface area contributed by atoms with Crippen LogP contribution in [-0.4, -0.2) is 25.7 Å². The van der Waals surface area contributed by atoms with E-state index in [9.17, 15) is 4.79 Å². The monoisotopic (exact) mass is 417 g/mol. The summed E-state index contributed by atoms with van der Waals surface area (Å²) in [5.41, 5.74) is 6.36. The number of rotatable bonds is 6. The lowest BCUT2D eigenvalue weighted by Gasteiger charge is -2.10. The maximum atomic E-state index is 12.9. The van der Waals surface area contributed by atoms with Crippen molar-refractivity contribution < 1.29 is 4.79 Å². The van der Waals surface area contributed by atoms with Gasteiger partial charge in [-0.3, -0.25) is 4.79 Å². The number of benzene rings is 2. The molecule has 1 amide bonds. The van der Waals surface area contributed by atoms with Crippen molar-refractivity contribution in [2.24, 2.45) is 0 Å². The highest BCUT2D eigenvalue weighted by atomic mass is 32.1. The van der Waals surface area contributed by atoms with Crippen LogP contribution in [0.25, 0.3) is 10.6 Å². The number of aryl methyl sites for hydroxylation is 3. The van der Waals surface area contributed by atoms with Crippen molar-refractivity contribution in [1.29, 1.82) is 0 Å². The number of carbonyl (C=O) groups excluding carboxylic acids is 1. The Morgan fingerprint density at radius 2 is 1.90 bits per heavy atom. The number of nitrogens with one attached hydrogen (secondary N) is 1. The van der Waals surface area contributed by atoms with Gasteiger partial charge in [0, 0.05) is 12.1 Å². The van der Waals surface area contributed by atoms with E-state index in [1.54, 1.807) is 11.0 Å². The topological polar surface area (TPSA) is 72.7 Å². The molecule has 0 aliphatic rings. The zero-order valence-corrected chi connectivity index (χ0v) is 18.0. The van der Waals surface area contributed by atoms with Crippen LogP contribution in [0.5, 0.6) is 0 Å². The molecule has 0 aliphatic heterocycles. The normalized spacial score (nSPS) is 10.9. The van der Waals surface area contributed by atoms with Crippen LogP contribution in [0.1, 0.15) is 37.6 Å². The summed E-state index contributed by atoms with van der Waals surface area (Å²) in [4.78, 5) is 22.2. The molecule has 0 atom stereocenters. The molecule has 0 saturated heterocycles. The Hall–Kier alpha value is -3.32. The lowest BCUT2D eigenvalue weighted by molar-refractivity contribution is 0.0954. The Morgan fingerprint density at radius 1 is 1.10 bits per heavy atom. The average molecular weight is 418 g/mol. The second-order valence-electron chi connectivity index (χ2n) is 7.30. The number of nitrogens with zero attached hydrogens (tertiary/aromatic N) is 4. The van der Waals surface area contributed by atoms with Crippen LogP contribution >= 0.6 is 11.3 Å². The van der Waals surface area contributed by atoms with Gasteiger partial charge in [-0.15, -0.1) is 11.3 Å². The van der Waals surface area contributed by atoms with Gasteiger partial charge < -0.3 is 5.32 Å². The molecular weight excluding hydrogens is 394 g/mol. The molecule has 0 unspecified atom stereocenters. The van der Waals surface area contributed by atoms with Gasteiger partial charge in [-0.25, -0.2) is 14.6 Å². The van der Waals surface area contributed by atoms with Gasteiger partial charge in [0.1, 0.15) is 22.5 Å². The number of aromatic nitrogens is 4. The highest BCUT2D eigenvalue weighted by Gasteiger charge is 2.17. The summed E-state index contributed by atoms with van der Waals surface area (Å²) in [6, 6.07) is 14.3. The molecule has 4 rings (SSSR count). The molecule has 2 aromatic carbocycles. The number of thiazole rings is 1. The first-order chi connectivity index (χ1) is 14.5. The van der Waals surface area contributed by atoms with Crippen molar-refractivity contribution in [3.63, 3.8) is 0 Å². The summed E-state index contributed by atoms with van der Waals surface area (Å²) in [5.74, 6) is -0.100. The number of hydrogen-bond donors (Lipinski definition) is 1. The van der Waals surface area contributed by atoms with Gasteiger partial charge in [-0.2, -0.15) is 5.10 Å². The molecular formula is C23H23N5OS. The SMILES string of the molecule is Cc1ccc(-c2nc(C)c(C(=O)NCc3ccccc3Cn3cncn3)s2)c(C)c1. The minimum Gasteiger partial charge on any atom is -0.347 e. The third-order valence-electron chi connectivity index (χ3n) is 4.97. The van der Waals surface area contributed by atoms with Crippen LogP contribution in [0.4, 0.5) is 0 Å². The van der Waals surface area contributed by atoms with Crippen LogP contribution in [0.15, 0.2) is 55.1 Å². The molecule has 2 aromatic heterocycles. The zero-order chi connectivity index (χ0) is 21.1. The van der Waals surface area contributed by atoms with Crippen molar-refractivity contribution >= 4 is 17.2 Å². The first-order valence-electron chi connectivity index (χ1n) is 9.73. The second kappa shape index (κ2) is 8.59. The smallest absolute Gasteiger partial charge is 0.263 e. The summed E-state index contributed by atoms with van der Waals surface area (Å²) in [6.07, 6.45) is 3.20. The third-order valence-corrected chi connectivity index (χ3v) is 6.16. The Balaban J connectivity index is 1.50. The van der Waals surface area contributed by atoms with E-state index in [2.05, 4.69) is 52.4 Å². The van der Waals surface area contributed by atoms with Gasteiger partial charge in [0.05, 0.1) is 12.2 Å². The fourth-order valence-electron chi connectivity index (χ4n) is 3.40. The van der Waals surface area contributed by atoms with Crippen LogP contribution in [0.2, 0.25) is 0 Å². The van der Waals surface area contributed by atoms with Crippen molar-refractivity contribution in [1.82, 2.24) is 25.1 Å². The van der Waals surface area contributed by atoms with Crippen molar-refractivity contribution in [3.8, 4) is 10.6 Å². The van der Waals surface area contributed by atoms with Crippen molar-refractivity contribution in [3.05, 3.63) is 87.9 Å². The molecule has 7 heteroatoms. The van der Waals surface area contributed by atoms with Gasteiger partial charge in [-0.05, 0) is 37.5 Å². The number of amides is 1. The van der Waals surface area contributed by atoms with Crippen LogP contribution in [0.3, 0.4) is 0 Å².